The Morgan fingerprint density at radius 2 is 2.47 bits per heavy atom. The number of methoxy groups -OCH3 is 1. The van der Waals surface area contributed by atoms with Gasteiger partial charge in [0.2, 0.25) is 0 Å². The first-order chi connectivity index (χ1) is 7.08. The highest BCUT2D eigenvalue weighted by molar-refractivity contribution is 5.94. The van der Waals surface area contributed by atoms with E-state index in [9.17, 15) is 4.79 Å². The van der Waals surface area contributed by atoms with Crippen LogP contribution in [0.25, 0.3) is 0 Å². The minimum absolute atomic E-state index is 0.258. The molecule has 0 aliphatic carbocycles. The van der Waals surface area contributed by atoms with Gasteiger partial charge in [0.1, 0.15) is 17.7 Å². The predicted octanol–water partition coefficient (Wildman–Crippen LogP) is 0.265. The molecule has 0 aromatic carbocycles. The lowest BCUT2D eigenvalue weighted by Crippen LogP contribution is -2.27. The van der Waals surface area contributed by atoms with E-state index in [0.29, 0.717) is 5.56 Å². The number of nitrogens with one attached hydrogen (secondary N) is 1. The molecule has 1 amide bonds. The van der Waals surface area contributed by atoms with E-state index in [1.165, 1.54) is 18.0 Å². The number of aryl methyl sites for hydroxylation is 1. The van der Waals surface area contributed by atoms with Crippen molar-refractivity contribution in [3.8, 4) is 6.07 Å². The molecule has 1 rings (SSSR count). The van der Waals surface area contributed by atoms with Crippen LogP contribution in [0, 0.1) is 11.3 Å². The molecule has 0 aliphatic heterocycles. The number of hydrogen-bond donors (Lipinski definition) is 1. The van der Waals surface area contributed by atoms with Gasteiger partial charge in [0.25, 0.3) is 5.91 Å². The van der Waals surface area contributed by atoms with Gasteiger partial charge in [-0.3, -0.25) is 9.48 Å². The number of carbonyl (C=O) groups is 1. The Morgan fingerprint density at radius 1 is 1.80 bits per heavy atom. The van der Waals surface area contributed by atoms with Crippen LogP contribution in [-0.2, 0) is 16.6 Å². The summed E-state index contributed by atoms with van der Waals surface area (Å²) in [5, 5.41) is 15.2. The fourth-order valence-corrected chi connectivity index (χ4v) is 0.988. The smallest absolute Gasteiger partial charge is 0.254 e. The summed E-state index contributed by atoms with van der Waals surface area (Å²) in [6, 6.07) is 1.94. The van der Waals surface area contributed by atoms with Crippen molar-refractivity contribution >= 4 is 11.7 Å². The quantitative estimate of drug-likeness (QED) is 0.772. The van der Waals surface area contributed by atoms with Crippen molar-refractivity contribution in [1.82, 2.24) is 9.78 Å². The average Bonchev–Trinajstić information content (AvgIpc) is 2.57. The minimum Gasteiger partial charge on any atom is -0.372 e. The van der Waals surface area contributed by atoms with Crippen LogP contribution in [0.4, 0.5) is 5.82 Å². The standard InChI is InChI=1S/C9H12N4O2/c1-6(15-3)9(14)11-8-7(4-10)5-13(2)12-8/h5-6H,1-3H3,(H,11,12,14). The Kier molecular flexibility index (Phi) is 3.42. The van der Waals surface area contributed by atoms with Crippen LogP contribution < -0.4 is 5.32 Å². The Morgan fingerprint density at radius 3 is 3.00 bits per heavy atom. The number of rotatable bonds is 3. The van der Waals surface area contributed by atoms with Gasteiger partial charge in [-0.1, -0.05) is 0 Å². The van der Waals surface area contributed by atoms with Crippen molar-refractivity contribution in [1.29, 1.82) is 5.26 Å². The second-order valence-electron chi connectivity index (χ2n) is 3.04. The molecule has 6 heteroatoms. The average molecular weight is 208 g/mol. The molecule has 0 saturated carbocycles. The third-order valence-corrected chi connectivity index (χ3v) is 1.91. The van der Waals surface area contributed by atoms with Gasteiger partial charge < -0.3 is 10.1 Å². The van der Waals surface area contributed by atoms with E-state index >= 15 is 0 Å². The van der Waals surface area contributed by atoms with E-state index in [-0.39, 0.29) is 11.7 Å². The highest BCUT2D eigenvalue weighted by atomic mass is 16.5. The monoisotopic (exact) mass is 208 g/mol. The second kappa shape index (κ2) is 4.57. The largest absolute Gasteiger partial charge is 0.372 e. The summed E-state index contributed by atoms with van der Waals surface area (Å²) in [4.78, 5) is 11.4. The van der Waals surface area contributed by atoms with Crippen molar-refractivity contribution in [2.75, 3.05) is 12.4 Å². The summed E-state index contributed by atoms with van der Waals surface area (Å²) in [7, 11) is 3.12. The lowest BCUT2D eigenvalue weighted by Gasteiger charge is -2.08. The molecular weight excluding hydrogens is 196 g/mol. The summed E-state index contributed by atoms with van der Waals surface area (Å²) in [6.45, 7) is 1.62. The summed E-state index contributed by atoms with van der Waals surface area (Å²) in [5.41, 5.74) is 0.328. The molecule has 0 spiro atoms. The van der Waals surface area contributed by atoms with Crippen molar-refractivity contribution in [2.45, 2.75) is 13.0 Å². The molecule has 0 bridgehead atoms. The van der Waals surface area contributed by atoms with Crippen LogP contribution in [0.5, 0.6) is 0 Å². The Hall–Kier alpha value is -1.87. The molecule has 1 heterocycles. The SMILES string of the molecule is COC(C)C(=O)Nc1nn(C)cc1C#N. The molecule has 1 N–H and O–H groups in total. The summed E-state index contributed by atoms with van der Waals surface area (Å²) >= 11 is 0. The van der Waals surface area contributed by atoms with Gasteiger partial charge in [-0.25, -0.2) is 0 Å². The number of carbonyl (C=O) groups excluding carboxylic acids is 1. The van der Waals surface area contributed by atoms with Crippen molar-refractivity contribution in [3.05, 3.63) is 11.8 Å². The van der Waals surface area contributed by atoms with Gasteiger partial charge in [0.05, 0.1) is 0 Å². The van der Waals surface area contributed by atoms with Crippen LogP contribution in [-0.4, -0.2) is 28.9 Å². The first-order valence-electron chi connectivity index (χ1n) is 4.36. The zero-order chi connectivity index (χ0) is 11.4. The topological polar surface area (TPSA) is 79.9 Å². The lowest BCUT2D eigenvalue weighted by atomic mass is 10.3. The maximum Gasteiger partial charge on any atom is 0.254 e. The lowest BCUT2D eigenvalue weighted by molar-refractivity contribution is -0.124. The van der Waals surface area contributed by atoms with Crippen LogP contribution in [0.1, 0.15) is 12.5 Å². The van der Waals surface area contributed by atoms with Crippen LogP contribution in [0.2, 0.25) is 0 Å². The van der Waals surface area contributed by atoms with Crippen LogP contribution in [0.3, 0.4) is 0 Å². The molecule has 1 aromatic heterocycles. The number of hydrogen-bond acceptors (Lipinski definition) is 4. The number of nitriles is 1. The maximum absolute atomic E-state index is 11.4. The Balaban J connectivity index is 2.81. The zero-order valence-electron chi connectivity index (χ0n) is 8.81. The van der Waals surface area contributed by atoms with Crippen molar-refractivity contribution < 1.29 is 9.53 Å². The van der Waals surface area contributed by atoms with Crippen LogP contribution in [0.15, 0.2) is 6.20 Å². The van der Waals surface area contributed by atoms with E-state index < -0.39 is 6.10 Å². The second-order valence-corrected chi connectivity index (χ2v) is 3.04. The summed E-state index contributed by atoms with van der Waals surface area (Å²) < 4.78 is 6.30. The van der Waals surface area contributed by atoms with Gasteiger partial charge in [-0.05, 0) is 6.92 Å². The van der Waals surface area contributed by atoms with Gasteiger partial charge >= 0.3 is 0 Å². The van der Waals surface area contributed by atoms with Crippen LogP contribution >= 0.6 is 0 Å². The molecule has 1 unspecified atom stereocenters. The van der Waals surface area contributed by atoms with E-state index in [1.54, 1.807) is 14.0 Å². The molecule has 0 saturated heterocycles. The highest BCUT2D eigenvalue weighted by Gasteiger charge is 2.15. The number of aromatic nitrogens is 2. The number of ether oxygens (including phenoxy) is 1. The van der Waals surface area contributed by atoms with E-state index in [2.05, 4.69) is 10.4 Å². The van der Waals surface area contributed by atoms with E-state index in [1.807, 2.05) is 6.07 Å². The fourth-order valence-electron chi connectivity index (χ4n) is 0.988. The first-order valence-corrected chi connectivity index (χ1v) is 4.36. The predicted molar refractivity (Wildman–Crippen MR) is 53.0 cm³/mol. The van der Waals surface area contributed by atoms with Gasteiger partial charge in [-0.15, -0.1) is 0 Å². The van der Waals surface area contributed by atoms with Gasteiger partial charge in [0, 0.05) is 20.4 Å². The molecule has 80 valence electrons. The molecule has 15 heavy (non-hydrogen) atoms. The molecule has 1 aromatic rings. The minimum atomic E-state index is -0.571. The Labute approximate surface area is 87.4 Å². The molecule has 0 aliphatic rings. The fraction of sp³-hybridized carbons (Fsp3) is 0.444. The number of amides is 1. The third kappa shape index (κ3) is 2.54. The highest BCUT2D eigenvalue weighted by Crippen LogP contribution is 2.11. The Bertz CT molecular complexity index is 405. The normalized spacial score (nSPS) is 11.9. The van der Waals surface area contributed by atoms with E-state index in [4.69, 9.17) is 10.00 Å². The molecular formula is C9H12N4O2. The van der Waals surface area contributed by atoms with Crippen molar-refractivity contribution in [2.24, 2.45) is 7.05 Å². The molecule has 1 atom stereocenters. The number of nitrogens with zero attached hydrogens (tertiary/aromatic N) is 3. The molecule has 0 fully saturated rings. The molecule has 6 nitrogen and oxygen atoms in total. The first kappa shape index (κ1) is 11.2. The molecule has 0 radical (unpaired) electrons. The summed E-state index contributed by atoms with van der Waals surface area (Å²) in [6.07, 6.45) is 0.964. The zero-order valence-corrected chi connectivity index (χ0v) is 8.81. The maximum atomic E-state index is 11.4. The van der Waals surface area contributed by atoms with Gasteiger partial charge in [0.15, 0.2) is 5.82 Å². The summed E-state index contributed by atoms with van der Waals surface area (Å²) in [5.74, 6) is -0.0680. The van der Waals surface area contributed by atoms with Gasteiger partial charge in [-0.2, -0.15) is 10.4 Å². The van der Waals surface area contributed by atoms with E-state index in [0.717, 1.165) is 0 Å². The number of anilines is 1. The van der Waals surface area contributed by atoms with Crippen molar-refractivity contribution in [3.63, 3.8) is 0 Å². The third-order valence-electron chi connectivity index (χ3n) is 1.91.